The van der Waals surface area contributed by atoms with Crippen molar-refractivity contribution in [2.75, 3.05) is 6.61 Å². The van der Waals surface area contributed by atoms with Crippen LogP contribution in [0, 0.1) is 25.2 Å². The summed E-state index contributed by atoms with van der Waals surface area (Å²) in [5, 5.41) is 9.42. The molecule has 0 saturated heterocycles. The van der Waals surface area contributed by atoms with Gasteiger partial charge in [0.25, 0.3) is 0 Å². The lowest BCUT2D eigenvalue weighted by Crippen LogP contribution is -2.03. The summed E-state index contributed by atoms with van der Waals surface area (Å²) in [6.07, 6.45) is 1.70. The molecule has 2 aromatic carbocycles. The van der Waals surface area contributed by atoms with Gasteiger partial charge in [0.1, 0.15) is 5.75 Å². The zero-order chi connectivity index (χ0) is 15.1. The number of hydrogen-bond acceptors (Lipinski definition) is 2. The van der Waals surface area contributed by atoms with Gasteiger partial charge in [-0.15, -0.1) is 0 Å². The van der Waals surface area contributed by atoms with Gasteiger partial charge < -0.3 is 4.74 Å². The summed E-state index contributed by atoms with van der Waals surface area (Å²) in [7, 11) is 0. The maximum Gasteiger partial charge on any atom is 0.119 e. The second-order valence-electron chi connectivity index (χ2n) is 5.35. The smallest absolute Gasteiger partial charge is 0.119 e. The Morgan fingerprint density at radius 3 is 2.57 bits per heavy atom. The van der Waals surface area contributed by atoms with Crippen LogP contribution in [0.25, 0.3) is 0 Å². The molecular weight excluding hydrogens is 258 g/mol. The first-order valence-corrected chi connectivity index (χ1v) is 7.35. The first-order valence-electron chi connectivity index (χ1n) is 7.35. The summed E-state index contributed by atoms with van der Waals surface area (Å²) in [6, 6.07) is 18.5. The molecule has 0 saturated carbocycles. The van der Waals surface area contributed by atoms with E-state index < -0.39 is 0 Å². The molecule has 108 valence electrons. The third kappa shape index (κ3) is 4.36. The molecule has 0 spiro atoms. The number of ether oxygens (including phenoxy) is 1. The number of benzene rings is 2. The Hall–Kier alpha value is -2.27. The molecule has 2 aromatic rings. The number of para-hydroxylation sites is 1. The van der Waals surface area contributed by atoms with Gasteiger partial charge >= 0.3 is 0 Å². The van der Waals surface area contributed by atoms with Crippen molar-refractivity contribution in [3.8, 4) is 11.8 Å². The van der Waals surface area contributed by atoms with Crippen molar-refractivity contribution in [2.24, 2.45) is 0 Å². The van der Waals surface area contributed by atoms with E-state index in [2.05, 4.69) is 38.1 Å². The molecule has 0 N–H and O–H groups in total. The number of rotatable bonds is 6. The second-order valence-corrected chi connectivity index (χ2v) is 5.35. The number of aryl methyl sites for hydroxylation is 2. The van der Waals surface area contributed by atoms with Crippen molar-refractivity contribution in [3.63, 3.8) is 0 Å². The first kappa shape index (κ1) is 15.1. The second kappa shape index (κ2) is 7.50. The minimum atomic E-state index is -0.0516. The molecule has 0 amide bonds. The van der Waals surface area contributed by atoms with Gasteiger partial charge in [-0.2, -0.15) is 5.26 Å². The van der Waals surface area contributed by atoms with Crippen LogP contribution in [0.3, 0.4) is 0 Å². The average molecular weight is 279 g/mol. The Kier molecular flexibility index (Phi) is 5.40. The van der Waals surface area contributed by atoms with Crippen molar-refractivity contribution in [1.82, 2.24) is 0 Å². The van der Waals surface area contributed by atoms with E-state index in [-0.39, 0.29) is 5.92 Å². The Bertz CT molecular complexity index is 613. The fraction of sp³-hybridized carbons (Fsp3) is 0.316. The molecule has 0 aromatic heterocycles. The van der Waals surface area contributed by atoms with Crippen LogP contribution in [0.2, 0.25) is 0 Å². The van der Waals surface area contributed by atoms with Crippen molar-refractivity contribution < 1.29 is 4.74 Å². The van der Waals surface area contributed by atoms with E-state index in [1.807, 2.05) is 30.3 Å². The first-order chi connectivity index (χ1) is 10.2. The molecule has 0 bridgehead atoms. The predicted molar refractivity (Wildman–Crippen MR) is 85.4 cm³/mol. The fourth-order valence-electron chi connectivity index (χ4n) is 2.42. The molecule has 21 heavy (non-hydrogen) atoms. The highest BCUT2D eigenvalue weighted by Crippen LogP contribution is 2.25. The fourth-order valence-corrected chi connectivity index (χ4v) is 2.42. The number of nitrogens with zero attached hydrogens (tertiary/aromatic N) is 1. The summed E-state index contributed by atoms with van der Waals surface area (Å²) >= 11 is 0. The third-order valence-electron chi connectivity index (χ3n) is 3.62. The van der Waals surface area contributed by atoms with Crippen LogP contribution in [0.15, 0.2) is 48.5 Å². The monoisotopic (exact) mass is 279 g/mol. The van der Waals surface area contributed by atoms with E-state index in [9.17, 15) is 5.26 Å². The van der Waals surface area contributed by atoms with Crippen molar-refractivity contribution in [3.05, 3.63) is 65.2 Å². The molecule has 1 unspecified atom stereocenters. The summed E-state index contributed by atoms with van der Waals surface area (Å²) < 4.78 is 5.68. The normalized spacial score (nSPS) is 11.7. The highest BCUT2D eigenvalue weighted by atomic mass is 16.5. The molecule has 1 atom stereocenters. The largest absolute Gasteiger partial charge is 0.494 e. The average Bonchev–Trinajstić information content (AvgIpc) is 2.51. The SMILES string of the molecule is Cc1ccc(C)c(C(C#N)CCCOc2ccccc2)c1. The van der Waals surface area contributed by atoms with Crippen molar-refractivity contribution in [2.45, 2.75) is 32.6 Å². The molecule has 0 aliphatic carbocycles. The zero-order valence-corrected chi connectivity index (χ0v) is 12.7. The summed E-state index contributed by atoms with van der Waals surface area (Å²) in [5.74, 6) is 0.835. The maximum atomic E-state index is 9.42. The third-order valence-corrected chi connectivity index (χ3v) is 3.62. The van der Waals surface area contributed by atoms with E-state index in [4.69, 9.17) is 4.74 Å². The minimum absolute atomic E-state index is 0.0516. The summed E-state index contributed by atoms with van der Waals surface area (Å²) in [5.41, 5.74) is 3.55. The van der Waals surface area contributed by atoms with Gasteiger partial charge in [-0.1, -0.05) is 42.0 Å². The van der Waals surface area contributed by atoms with Crippen LogP contribution >= 0.6 is 0 Å². The molecule has 0 radical (unpaired) electrons. The Morgan fingerprint density at radius 1 is 1.10 bits per heavy atom. The van der Waals surface area contributed by atoms with Gasteiger partial charge in [-0.3, -0.25) is 0 Å². The van der Waals surface area contributed by atoms with Crippen LogP contribution in [0.1, 0.15) is 35.4 Å². The van der Waals surface area contributed by atoms with Crippen LogP contribution in [0.5, 0.6) is 5.75 Å². The van der Waals surface area contributed by atoms with Gasteiger partial charge in [0.2, 0.25) is 0 Å². The number of hydrogen-bond donors (Lipinski definition) is 0. The highest BCUT2D eigenvalue weighted by Gasteiger charge is 2.13. The van der Waals surface area contributed by atoms with E-state index in [0.717, 1.165) is 24.2 Å². The molecule has 0 fully saturated rings. The lowest BCUT2D eigenvalue weighted by atomic mass is 9.91. The summed E-state index contributed by atoms with van der Waals surface area (Å²) in [4.78, 5) is 0. The quantitative estimate of drug-likeness (QED) is 0.713. The highest BCUT2D eigenvalue weighted by molar-refractivity contribution is 5.36. The zero-order valence-electron chi connectivity index (χ0n) is 12.7. The van der Waals surface area contributed by atoms with E-state index in [1.165, 1.54) is 11.1 Å². The van der Waals surface area contributed by atoms with Gasteiger partial charge in [0.15, 0.2) is 0 Å². The standard InChI is InChI=1S/C19H21NO/c1-15-10-11-16(2)19(13-15)17(14-20)7-6-12-21-18-8-4-3-5-9-18/h3-5,8-11,13,17H,6-7,12H2,1-2H3. The molecule has 0 aliphatic rings. The van der Waals surface area contributed by atoms with Crippen LogP contribution in [0.4, 0.5) is 0 Å². The van der Waals surface area contributed by atoms with E-state index >= 15 is 0 Å². The minimum Gasteiger partial charge on any atom is -0.494 e. The Morgan fingerprint density at radius 2 is 1.86 bits per heavy atom. The predicted octanol–water partition coefficient (Wildman–Crippen LogP) is 4.77. The lowest BCUT2D eigenvalue weighted by molar-refractivity contribution is 0.305. The van der Waals surface area contributed by atoms with Crippen LogP contribution in [-0.4, -0.2) is 6.61 Å². The van der Waals surface area contributed by atoms with Gasteiger partial charge in [0, 0.05) is 0 Å². The van der Waals surface area contributed by atoms with Crippen molar-refractivity contribution in [1.29, 1.82) is 5.26 Å². The van der Waals surface area contributed by atoms with E-state index in [1.54, 1.807) is 0 Å². The molecule has 2 nitrogen and oxygen atoms in total. The summed E-state index contributed by atoms with van der Waals surface area (Å²) in [6.45, 7) is 4.78. The molecule has 0 aliphatic heterocycles. The molecular formula is C19H21NO. The molecule has 0 heterocycles. The topological polar surface area (TPSA) is 33.0 Å². The van der Waals surface area contributed by atoms with E-state index in [0.29, 0.717) is 6.61 Å². The Labute approximate surface area is 127 Å². The van der Waals surface area contributed by atoms with Crippen LogP contribution < -0.4 is 4.74 Å². The van der Waals surface area contributed by atoms with Gasteiger partial charge in [0.05, 0.1) is 18.6 Å². The maximum absolute atomic E-state index is 9.42. The van der Waals surface area contributed by atoms with Crippen LogP contribution in [-0.2, 0) is 0 Å². The molecule has 2 rings (SSSR count). The molecule has 2 heteroatoms. The van der Waals surface area contributed by atoms with Gasteiger partial charge in [-0.05, 0) is 49.9 Å². The lowest BCUT2D eigenvalue weighted by Gasteiger charge is -2.13. The number of nitriles is 1. The van der Waals surface area contributed by atoms with Gasteiger partial charge in [-0.25, -0.2) is 0 Å². The van der Waals surface area contributed by atoms with Crippen molar-refractivity contribution >= 4 is 0 Å². The Balaban J connectivity index is 1.89.